The molecule has 0 fully saturated rings. The number of unbranched alkanes of at least 4 members (excludes halogenated alkanes) is 1. The summed E-state index contributed by atoms with van der Waals surface area (Å²) >= 11 is 0. The molecule has 0 aliphatic rings. The highest BCUT2D eigenvalue weighted by Crippen LogP contribution is 1.76. The van der Waals surface area contributed by atoms with Gasteiger partial charge in [-0.05, 0) is 0 Å². The maximum absolute atomic E-state index is 9.01. The van der Waals surface area contributed by atoms with Crippen molar-refractivity contribution in [2.45, 2.75) is 26.7 Å². The van der Waals surface area contributed by atoms with Gasteiger partial charge in [-0.3, -0.25) is 5.21 Å². The number of carbonyl (C=O) groups is 1. The van der Waals surface area contributed by atoms with Gasteiger partial charge in [0, 0.05) is 0 Å². The molecule has 0 saturated carbocycles. The molecule has 0 radical (unpaired) electrons. The van der Waals surface area contributed by atoms with Gasteiger partial charge in [0.1, 0.15) is 0 Å². The van der Waals surface area contributed by atoms with E-state index in [0.29, 0.717) is 0 Å². The summed E-state index contributed by atoms with van der Waals surface area (Å²) < 4.78 is 0. The summed E-state index contributed by atoms with van der Waals surface area (Å²) in [5, 5.41) is 14.7. The normalized spacial score (nSPS) is 7.00. The van der Waals surface area contributed by atoms with Gasteiger partial charge in [-0.15, -0.1) is 0 Å². The van der Waals surface area contributed by atoms with Gasteiger partial charge in [-0.1, -0.05) is 26.7 Å². The van der Waals surface area contributed by atoms with E-state index in [-0.39, 0.29) is 0 Å². The zero-order valence-electron chi connectivity index (χ0n) is 5.72. The third kappa shape index (κ3) is 39.8. The minimum Gasteiger partial charge on any atom is -0.464 e. The minimum atomic E-state index is -1.44. The number of hydrogen-bond donors (Lipinski definition) is 3. The standard InChI is InChI=1S/C4H10.CH3NO3/c1-3-4-2;3-1(4)2-5/h3-4H2,1-2H3;2,5H,(H,3,4). The van der Waals surface area contributed by atoms with Crippen LogP contribution in [0, 0.1) is 0 Å². The Labute approximate surface area is 54.5 Å². The monoisotopic (exact) mass is 135 g/mol. The van der Waals surface area contributed by atoms with Crippen molar-refractivity contribution in [1.82, 2.24) is 5.48 Å². The lowest BCUT2D eigenvalue weighted by molar-refractivity contribution is 0.122. The molecule has 0 aromatic rings. The fourth-order valence-corrected chi connectivity index (χ4v) is 0. The largest absolute Gasteiger partial charge is 0.464 e. The molecule has 0 aliphatic heterocycles. The topological polar surface area (TPSA) is 69.6 Å². The van der Waals surface area contributed by atoms with Crippen LogP contribution in [0.2, 0.25) is 0 Å². The van der Waals surface area contributed by atoms with E-state index < -0.39 is 6.09 Å². The highest BCUT2D eigenvalue weighted by Gasteiger charge is 1.79. The van der Waals surface area contributed by atoms with Crippen LogP contribution in [0.5, 0.6) is 0 Å². The molecule has 0 saturated heterocycles. The Morgan fingerprint density at radius 3 is 1.67 bits per heavy atom. The van der Waals surface area contributed by atoms with Crippen LogP contribution in [-0.2, 0) is 0 Å². The zero-order valence-corrected chi connectivity index (χ0v) is 5.72. The van der Waals surface area contributed by atoms with Crippen LogP contribution in [0.3, 0.4) is 0 Å². The van der Waals surface area contributed by atoms with Crippen LogP contribution in [0.25, 0.3) is 0 Å². The van der Waals surface area contributed by atoms with Crippen LogP contribution in [0.1, 0.15) is 26.7 Å². The van der Waals surface area contributed by atoms with E-state index in [2.05, 4.69) is 13.8 Å². The van der Waals surface area contributed by atoms with Gasteiger partial charge in [0.25, 0.3) is 0 Å². The van der Waals surface area contributed by atoms with Gasteiger partial charge in [-0.2, -0.15) is 0 Å². The molecule has 4 nitrogen and oxygen atoms in total. The molecular weight excluding hydrogens is 122 g/mol. The molecule has 56 valence electrons. The summed E-state index contributed by atoms with van der Waals surface area (Å²) in [4.78, 5) is 9.01. The van der Waals surface area contributed by atoms with Gasteiger partial charge in [0.05, 0.1) is 0 Å². The van der Waals surface area contributed by atoms with Crippen molar-refractivity contribution in [1.29, 1.82) is 0 Å². The Kier molecular flexibility index (Phi) is 12.6. The van der Waals surface area contributed by atoms with Crippen molar-refractivity contribution in [2.24, 2.45) is 0 Å². The second kappa shape index (κ2) is 10.3. The first-order valence-electron chi connectivity index (χ1n) is 2.82. The Hall–Kier alpha value is -0.770. The van der Waals surface area contributed by atoms with E-state index in [1.54, 1.807) is 0 Å². The summed E-state index contributed by atoms with van der Waals surface area (Å²) in [6, 6.07) is 0. The van der Waals surface area contributed by atoms with E-state index >= 15 is 0 Å². The summed E-state index contributed by atoms with van der Waals surface area (Å²) in [7, 11) is 0. The SMILES string of the molecule is CCCC.O=C(O)NO. The summed E-state index contributed by atoms with van der Waals surface area (Å²) in [5.74, 6) is 0. The quantitative estimate of drug-likeness (QED) is 0.376. The van der Waals surface area contributed by atoms with Gasteiger partial charge < -0.3 is 5.11 Å². The van der Waals surface area contributed by atoms with Crippen LogP contribution >= 0.6 is 0 Å². The molecule has 0 aromatic heterocycles. The molecular formula is C5H13NO3. The molecule has 0 rings (SSSR count). The zero-order chi connectivity index (χ0) is 7.70. The molecule has 1 amide bonds. The van der Waals surface area contributed by atoms with E-state index in [1.807, 2.05) is 0 Å². The average Bonchev–Trinajstić information content (AvgIpc) is 1.89. The number of rotatable bonds is 1. The lowest BCUT2D eigenvalue weighted by Crippen LogP contribution is -2.14. The number of hydrogen-bond acceptors (Lipinski definition) is 2. The first-order chi connectivity index (χ1) is 4.18. The number of amides is 1. The first kappa shape index (κ1) is 11.1. The van der Waals surface area contributed by atoms with Crippen molar-refractivity contribution in [2.75, 3.05) is 0 Å². The highest BCUT2D eigenvalue weighted by atomic mass is 16.5. The molecule has 3 N–H and O–H groups in total. The fraction of sp³-hybridized carbons (Fsp3) is 0.800. The number of nitrogens with one attached hydrogen (secondary N) is 1. The second-order valence-corrected chi connectivity index (χ2v) is 1.42. The lowest BCUT2D eigenvalue weighted by atomic mass is 10.4. The first-order valence-corrected chi connectivity index (χ1v) is 2.82. The Morgan fingerprint density at radius 1 is 1.44 bits per heavy atom. The number of hydroxylamine groups is 1. The summed E-state index contributed by atoms with van der Waals surface area (Å²) in [5.41, 5.74) is 0.944. The molecule has 0 heterocycles. The van der Waals surface area contributed by atoms with Crippen molar-refractivity contribution < 1.29 is 15.1 Å². The van der Waals surface area contributed by atoms with Crippen molar-refractivity contribution in [3.05, 3.63) is 0 Å². The van der Waals surface area contributed by atoms with Crippen LogP contribution in [0.4, 0.5) is 4.79 Å². The Morgan fingerprint density at radius 2 is 1.67 bits per heavy atom. The van der Waals surface area contributed by atoms with Crippen molar-refractivity contribution in [3.8, 4) is 0 Å². The van der Waals surface area contributed by atoms with Crippen molar-refractivity contribution in [3.63, 3.8) is 0 Å². The maximum Gasteiger partial charge on any atom is 0.428 e. The third-order valence-electron chi connectivity index (χ3n) is 0.596. The predicted molar refractivity (Wildman–Crippen MR) is 33.5 cm³/mol. The fourth-order valence-electron chi connectivity index (χ4n) is 0. The van der Waals surface area contributed by atoms with Gasteiger partial charge >= 0.3 is 6.09 Å². The lowest BCUT2D eigenvalue weighted by Gasteiger charge is -1.77. The molecule has 0 unspecified atom stereocenters. The van der Waals surface area contributed by atoms with E-state index in [9.17, 15) is 0 Å². The molecule has 0 aliphatic carbocycles. The van der Waals surface area contributed by atoms with Crippen LogP contribution < -0.4 is 5.48 Å². The number of carboxylic acid groups (broad SMARTS) is 1. The van der Waals surface area contributed by atoms with E-state index in [0.717, 1.165) is 5.48 Å². The average molecular weight is 135 g/mol. The smallest absolute Gasteiger partial charge is 0.428 e. The van der Waals surface area contributed by atoms with Crippen molar-refractivity contribution >= 4 is 6.09 Å². The Bertz CT molecular complexity index is 63.2. The van der Waals surface area contributed by atoms with Gasteiger partial charge in [0.15, 0.2) is 0 Å². The highest BCUT2D eigenvalue weighted by molar-refractivity contribution is 5.62. The molecule has 0 bridgehead atoms. The minimum absolute atomic E-state index is 0.944. The van der Waals surface area contributed by atoms with Crippen LogP contribution in [0.15, 0.2) is 0 Å². The summed E-state index contributed by atoms with van der Waals surface area (Å²) in [6.07, 6.45) is 1.20. The Balaban J connectivity index is 0. The second-order valence-electron chi connectivity index (χ2n) is 1.42. The molecule has 9 heavy (non-hydrogen) atoms. The molecule has 0 spiro atoms. The molecule has 0 aromatic carbocycles. The summed E-state index contributed by atoms with van der Waals surface area (Å²) in [6.45, 7) is 4.36. The van der Waals surface area contributed by atoms with Gasteiger partial charge in [-0.25, -0.2) is 10.3 Å². The van der Waals surface area contributed by atoms with Crippen LogP contribution in [-0.4, -0.2) is 16.4 Å². The molecule has 4 heteroatoms. The van der Waals surface area contributed by atoms with Gasteiger partial charge in [0.2, 0.25) is 0 Å². The van der Waals surface area contributed by atoms with E-state index in [4.69, 9.17) is 15.1 Å². The third-order valence-corrected chi connectivity index (χ3v) is 0.596. The molecule has 0 atom stereocenters. The maximum atomic E-state index is 9.01. The van der Waals surface area contributed by atoms with E-state index in [1.165, 1.54) is 12.8 Å². The predicted octanol–water partition coefficient (Wildman–Crippen LogP) is 1.45.